The molecule has 2 aromatic carbocycles. The van der Waals surface area contributed by atoms with Crippen molar-refractivity contribution in [2.45, 2.75) is 17.9 Å². The lowest BCUT2D eigenvalue weighted by atomic mass is 10.2. The second kappa shape index (κ2) is 9.08. The molecule has 1 unspecified atom stereocenters. The maximum absolute atomic E-state index is 13.3. The van der Waals surface area contributed by atoms with Crippen molar-refractivity contribution in [2.24, 2.45) is 0 Å². The summed E-state index contributed by atoms with van der Waals surface area (Å²) in [5.74, 6) is -0.931. The Balaban J connectivity index is 1.68. The summed E-state index contributed by atoms with van der Waals surface area (Å²) in [6.07, 6.45) is 0. The monoisotopic (exact) mass is 441 g/mol. The van der Waals surface area contributed by atoms with E-state index >= 15 is 0 Å². The maximum atomic E-state index is 13.3. The molecule has 1 amide bonds. The maximum Gasteiger partial charge on any atom is 0.246 e. The van der Waals surface area contributed by atoms with Crippen LogP contribution in [0.5, 0.6) is 0 Å². The molecule has 1 atom stereocenters. The van der Waals surface area contributed by atoms with Crippen LogP contribution in [0.3, 0.4) is 0 Å². The lowest BCUT2D eigenvalue weighted by Crippen LogP contribution is -2.40. The van der Waals surface area contributed by atoms with Crippen LogP contribution >= 0.6 is 11.6 Å². The van der Waals surface area contributed by atoms with E-state index in [-0.39, 0.29) is 15.8 Å². The van der Waals surface area contributed by atoms with E-state index in [0.29, 0.717) is 37.7 Å². The minimum atomic E-state index is -3.66. The minimum Gasteiger partial charge on any atom is -0.379 e. The molecule has 3 rings (SSSR count). The van der Waals surface area contributed by atoms with Crippen molar-refractivity contribution < 1.29 is 22.3 Å². The molecule has 7 nitrogen and oxygen atoms in total. The Morgan fingerprint density at radius 1 is 1.17 bits per heavy atom. The quantitative estimate of drug-likeness (QED) is 0.719. The van der Waals surface area contributed by atoms with Crippen LogP contribution in [-0.2, 0) is 19.6 Å². The number of ether oxygens (including phenoxy) is 1. The zero-order valence-corrected chi connectivity index (χ0v) is 17.3. The lowest BCUT2D eigenvalue weighted by Gasteiger charge is -2.26. The van der Waals surface area contributed by atoms with E-state index in [4.69, 9.17) is 16.3 Å². The molecule has 2 aromatic rings. The van der Waals surface area contributed by atoms with Crippen LogP contribution in [-0.4, -0.2) is 51.0 Å². The van der Waals surface area contributed by atoms with Crippen molar-refractivity contribution in [1.82, 2.24) is 4.31 Å². The van der Waals surface area contributed by atoms with Crippen molar-refractivity contribution in [3.63, 3.8) is 0 Å². The molecule has 29 heavy (non-hydrogen) atoms. The van der Waals surface area contributed by atoms with E-state index in [1.807, 2.05) is 0 Å². The highest BCUT2D eigenvalue weighted by Crippen LogP contribution is 2.22. The number of benzene rings is 2. The Labute approximate surface area is 173 Å². The van der Waals surface area contributed by atoms with E-state index < -0.39 is 21.9 Å². The summed E-state index contributed by atoms with van der Waals surface area (Å²) in [5, 5.41) is 5.56. The summed E-state index contributed by atoms with van der Waals surface area (Å²) in [6.45, 7) is 2.92. The number of halogens is 2. The Hall–Kier alpha value is -2.20. The molecule has 1 fully saturated rings. The van der Waals surface area contributed by atoms with Crippen LogP contribution in [0, 0.1) is 5.82 Å². The first kappa shape index (κ1) is 21.5. The van der Waals surface area contributed by atoms with Gasteiger partial charge in [0.05, 0.1) is 23.1 Å². The van der Waals surface area contributed by atoms with Gasteiger partial charge < -0.3 is 15.4 Å². The van der Waals surface area contributed by atoms with Gasteiger partial charge in [0.1, 0.15) is 11.9 Å². The van der Waals surface area contributed by atoms with Gasteiger partial charge in [-0.15, -0.1) is 0 Å². The van der Waals surface area contributed by atoms with Gasteiger partial charge in [-0.1, -0.05) is 17.7 Å². The molecular formula is C19H21ClFN3O4S. The number of hydrogen-bond donors (Lipinski definition) is 2. The number of morpholine rings is 1. The number of sulfonamides is 1. The zero-order chi connectivity index (χ0) is 21.0. The van der Waals surface area contributed by atoms with Gasteiger partial charge >= 0.3 is 0 Å². The smallest absolute Gasteiger partial charge is 0.246 e. The number of nitrogens with zero attached hydrogens (tertiary/aromatic N) is 1. The average molecular weight is 442 g/mol. The fourth-order valence-electron chi connectivity index (χ4n) is 2.82. The van der Waals surface area contributed by atoms with Crippen molar-refractivity contribution in [2.75, 3.05) is 36.9 Å². The molecule has 10 heteroatoms. The number of hydrogen-bond acceptors (Lipinski definition) is 5. The third-order valence-corrected chi connectivity index (χ3v) is 6.59. The van der Waals surface area contributed by atoms with E-state index in [0.717, 1.165) is 0 Å². The van der Waals surface area contributed by atoms with Gasteiger partial charge in [0, 0.05) is 24.5 Å². The first-order valence-corrected chi connectivity index (χ1v) is 10.8. The number of carbonyl (C=O) groups is 1. The molecule has 1 saturated heterocycles. The third-order valence-electron chi connectivity index (χ3n) is 4.41. The fraction of sp³-hybridized carbons (Fsp3) is 0.316. The number of amides is 1. The standard InChI is InChI=1S/C19H21ClFN3O4S/c1-13(22-15-5-6-18(21)17(20)12-15)19(25)23-14-3-2-4-16(11-14)29(26,27)24-7-9-28-10-8-24/h2-6,11-13,22H,7-10H2,1H3,(H,23,25). The van der Waals surface area contributed by atoms with Crippen molar-refractivity contribution >= 4 is 38.9 Å². The summed E-state index contributed by atoms with van der Waals surface area (Å²) in [7, 11) is -3.66. The van der Waals surface area contributed by atoms with Crippen LogP contribution in [0.4, 0.5) is 15.8 Å². The van der Waals surface area contributed by atoms with Crippen molar-refractivity contribution in [1.29, 1.82) is 0 Å². The molecule has 0 saturated carbocycles. The van der Waals surface area contributed by atoms with Gasteiger partial charge in [-0.25, -0.2) is 12.8 Å². The van der Waals surface area contributed by atoms with Gasteiger partial charge in [0.2, 0.25) is 15.9 Å². The van der Waals surface area contributed by atoms with Gasteiger partial charge in [0.15, 0.2) is 0 Å². The first-order chi connectivity index (χ1) is 13.8. The summed E-state index contributed by atoms with van der Waals surface area (Å²) >= 11 is 5.75. The number of rotatable bonds is 6. The van der Waals surface area contributed by atoms with Crippen LogP contribution in [0.25, 0.3) is 0 Å². The van der Waals surface area contributed by atoms with Crippen molar-refractivity contribution in [3.8, 4) is 0 Å². The second-order valence-corrected chi connectivity index (χ2v) is 8.87. The van der Waals surface area contributed by atoms with E-state index in [2.05, 4.69) is 10.6 Å². The van der Waals surface area contributed by atoms with Crippen LogP contribution in [0.2, 0.25) is 5.02 Å². The molecule has 1 heterocycles. The number of anilines is 2. The third kappa shape index (κ3) is 5.24. The highest BCUT2D eigenvalue weighted by Gasteiger charge is 2.26. The Kier molecular flexibility index (Phi) is 6.74. The molecule has 2 N–H and O–H groups in total. The van der Waals surface area contributed by atoms with Gasteiger partial charge in [-0.05, 0) is 43.3 Å². The Morgan fingerprint density at radius 3 is 2.59 bits per heavy atom. The average Bonchev–Trinajstić information content (AvgIpc) is 2.71. The number of carbonyl (C=O) groups excluding carboxylic acids is 1. The SMILES string of the molecule is CC(Nc1ccc(F)c(Cl)c1)C(=O)Nc1cccc(S(=O)(=O)N2CCOCC2)c1. The van der Waals surface area contributed by atoms with E-state index in [1.54, 1.807) is 19.1 Å². The Morgan fingerprint density at radius 2 is 1.90 bits per heavy atom. The molecule has 1 aliphatic heterocycles. The molecule has 0 aliphatic carbocycles. The van der Waals surface area contributed by atoms with Gasteiger partial charge in [-0.2, -0.15) is 4.31 Å². The van der Waals surface area contributed by atoms with Crippen LogP contribution in [0.15, 0.2) is 47.4 Å². The lowest BCUT2D eigenvalue weighted by molar-refractivity contribution is -0.116. The van der Waals surface area contributed by atoms with Crippen LogP contribution < -0.4 is 10.6 Å². The fourth-order valence-corrected chi connectivity index (χ4v) is 4.46. The van der Waals surface area contributed by atoms with Crippen LogP contribution in [0.1, 0.15) is 6.92 Å². The molecule has 0 spiro atoms. The molecule has 0 bridgehead atoms. The predicted octanol–water partition coefficient (Wildman–Crippen LogP) is 2.94. The Bertz CT molecular complexity index is 997. The minimum absolute atomic E-state index is 0.0522. The van der Waals surface area contributed by atoms with Gasteiger partial charge in [-0.3, -0.25) is 4.79 Å². The zero-order valence-electron chi connectivity index (χ0n) is 15.7. The summed E-state index contributed by atoms with van der Waals surface area (Å²) < 4.78 is 45.3. The predicted molar refractivity (Wildman–Crippen MR) is 109 cm³/mol. The molecule has 1 aliphatic rings. The molecule has 0 aromatic heterocycles. The van der Waals surface area contributed by atoms with Gasteiger partial charge in [0.25, 0.3) is 0 Å². The summed E-state index contributed by atoms with van der Waals surface area (Å²) in [4.78, 5) is 12.6. The first-order valence-electron chi connectivity index (χ1n) is 8.98. The largest absolute Gasteiger partial charge is 0.379 e. The summed E-state index contributed by atoms with van der Waals surface area (Å²) in [6, 6.07) is 9.48. The highest BCUT2D eigenvalue weighted by molar-refractivity contribution is 7.89. The number of nitrogens with one attached hydrogen (secondary N) is 2. The summed E-state index contributed by atoms with van der Waals surface area (Å²) in [5.41, 5.74) is 0.845. The molecule has 156 valence electrons. The normalized spacial score (nSPS) is 16.2. The van der Waals surface area contributed by atoms with Crippen molar-refractivity contribution in [3.05, 3.63) is 53.3 Å². The second-order valence-electron chi connectivity index (χ2n) is 6.53. The van der Waals surface area contributed by atoms with E-state index in [1.165, 1.54) is 34.6 Å². The molecular weight excluding hydrogens is 421 g/mol. The van der Waals surface area contributed by atoms with E-state index in [9.17, 15) is 17.6 Å². The molecule has 0 radical (unpaired) electrons. The highest BCUT2D eigenvalue weighted by atomic mass is 35.5. The topological polar surface area (TPSA) is 87.7 Å².